The van der Waals surface area contributed by atoms with Gasteiger partial charge in [0.15, 0.2) is 0 Å². The number of rotatable bonds is 3. The normalized spacial score (nSPS) is 16.2. The van der Waals surface area contributed by atoms with Gasteiger partial charge in [-0.1, -0.05) is 6.92 Å². The fraction of sp³-hybridized carbons (Fsp3) is 0.714. The highest BCUT2D eigenvalue weighted by atomic mass is 35.5. The van der Waals surface area contributed by atoms with E-state index in [0.717, 1.165) is 6.42 Å². The minimum atomic E-state index is -0.540. The van der Waals surface area contributed by atoms with Crippen LogP contribution >= 0.6 is 11.6 Å². The van der Waals surface area contributed by atoms with Crippen LogP contribution in [0.5, 0.6) is 0 Å². The van der Waals surface area contributed by atoms with Crippen LogP contribution in [0.4, 0.5) is 0 Å². The molecule has 9 heavy (non-hydrogen) atoms. The smallest absolute Gasteiger partial charge is 0.0812 e. The zero-order valence-corrected chi connectivity index (χ0v) is 6.23. The molecule has 0 aromatic carbocycles. The maximum absolute atomic E-state index is 9.04. The highest BCUT2D eigenvalue weighted by molar-refractivity contribution is 6.21. The van der Waals surface area contributed by atoms with E-state index in [2.05, 4.69) is 5.92 Å². The molecule has 2 unspecified atom stereocenters. The van der Waals surface area contributed by atoms with Crippen molar-refractivity contribution < 1.29 is 5.11 Å². The second-order valence-electron chi connectivity index (χ2n) is 1.90. The zero-order valence-electron chi connectivity index (χ0n) is 5.47. The first kappa shape index (κ1) is 8.81. The Bertz CT molecular complexity index is 106. The second kappa shape index (κ2) is 4.67. The van der Waals surface area contributed by atoms with Crippen molar-refractivity contribution in [3.05, 3.63) is 0 Å². The quantitative estimate of drug-likeness (QED) is 0.471. The van der Waals surface area contributed by atoms with Crippen LogP contribution in [-0.4, -0.2) is 16.6 Å². The molecule has 0 spiro atoms. The van der Waals surface area contributed by atoms with Crippen molar-refractivity contribution in [1.82, 2.24) is 0 Å². The molecule has 0 aliphatic heterocycles. The molecular weight excluding hydrogens is 136 g/mol. The van der Waals surface area contributed by atoms with Crippen LogP contribution in [0.15, 0.2) is 0 Å². The topological polar surface area (TPSA) is 20.2 Å². The van der Waals surface area contributed by atoms with Gasteiger partial charge in [0.1, 0.15) is 0 Å². The van der Waals surface area contributed by atoms with Gasteiger partial charge >= 0.3 is 0 Å². The van der Waals surface area contributed by atoms with E-state index in [4.69, 9.17) is 23.1 Å². The van der Waals surface area contributed by atoms with Crippen molar-refractivity contribution in [2.45, 2.75) is 31.2 Å². The molecule has 0 heterocycles. The predicted molar refractivity (Wildman–Crippen MR) is 39.4 cm³/mol. The molecule has 52 valence electrons. The summed E-state index contributed by atoms with van der Waals surface area (Å²) in [6.45, 7) is 1.91. The van der Waals surface area contributed by atoms with Crippen LogP contribution in [0, 0.1) is 12.3 Å². The van der Waals surface area contributed by atoms with Gasteiger partial charge < -0.3 is 5.11 Å². The Labute approximate surface area is 61.0 Å². The molecule has 0 aromatic rings. The first-order valence-electron chi connectivity index (χ1n) is 2.98. The number of hydrogen-bond donors (Lipinski definition) is 1. The first-order valence-corrected chi connectivity index (χ1v) is 3.41. The molecule has 0 aromatic heterocycles. The van der Waals surface area contributed by atoms with Crippen LogP contribution < -0.4 is 0 Å². The molecule has 2 atom stereocenters. The Balaban J connectivity index is 3.48. The van der Waals surface area contributed by atoms with Crippen molar-refractivity contribution in [2.24, 2.45) is 0 Å². The monoisotopic (exact) mass is 146 g/mol. The minimum absolute atomic E-state index is 0.193. The summed E-state index contributed by atoms with van der Waals surface area (Å²) in [6.07, 6.45) is 5.52. The Morgan fingerprint density at radius 3 is 2.67 bits per heavy atom. The number of aliphatic hydroxyl groups is 1. The highest BCUT2D eigenvalue weighted by Gasteiger charge is 2.11. The zero-order chi connectivity index (χ0) is 7.28. The lowest BCUT2D eigenvalue weighted by Gasteiger charge is -2.10. The molecule has 0 radical (unpaired) electrons. The third kappa shape index (κ3) is 3.40. The van der Waals surface area contributed by atoms with E-state index >= 15 is 0 Å². The van der Waals surface area contributed by atoms with Crippen LogP contribution in [-0.2, 0) is 0 Å². The summed E-state index contributed by atoms with van der Waals surface area (Å²) in [4.78, 5) is 0. The average Bonchev–Trinajstić information content (AvgIpc) is 1.87. The van der Waals surface area contributed by atoms with Crippen molar-refractivity contribution in [2.75, 3.05) is 0 Å². The van der Waals surface area contributed by atoms with Gasteiger partial charge in [-0.2, -0.15) is 0 Å². The van der Waals surface area contributed by atoms with Gasteiger partial charge in [0.05, 0.1) is 11.5 Å². The van der Waals surface area contributed by atoms with E-state index in [-0.39, 0.29) is 5.38 Å². The fourth-order valence-corrected chi connectivity index (χ4v) is 0.610. The molecule has 0 fully saturated rings. The van der Waals surface area contributed by atoms with Crippen molar-refractivity contribution >= 4 is 11.6 Å². The third-order valence-electron chi connectivity index (χ3n) is 1.13. The minimum Gasteiger partial charge on any atom is -0.391 e. The second-order valence-corrected chi connectivity index (χ2v) is 2.46. The summed E-state index contributed by atoms with van der Waals surface area (Å²) in [5, 5.41) is 8.85. The van der Waals surface area contributed by atoms with Gasteiger partial charge in [0.2, 0.25) is 0 Å². The summed E-state index contributed by atoms with van der Waals surface area (Å²) >= 11 is 5.65. The molecule has 0 rings (SSSR count). The van der Waals surface area contributed by atoms with E-state index in [0.29, 0.717) is 6.42 Å². The molecular formula is C7H11ClO. The average molecular weight is 147 g/mol. The number of halogens is 1. The van der Waals surface area contributed by atoms with Crippen LogP contribution in [0.25, 0.3) is 0 Å². The van der Waals surface area contributed by atoms with Crippen LogP contribution in [0.2, 0.25) is 0 Å². The summed E-state index contributed by atoms with van der Waals surface area (Å²) in [5.41, 5.74) is 0. The molecule has 0 amide bonds. The van der Waals surface area contributed by atoms with Gasteiger partial charge in [-0.05, 0) is 6.42 Å². The molecule has 0 aliphatic carbocycles. The van der Waals surface area contributed by atoms with Gasteiger partial charge in [-0.25, -0.2) is 0 Å². The number of hydrogen-bond acceptors (Lipinski definition) is 1. The lowest BCUT2D eigenvalue weighted by Crippen LogP contribution is -2.18. The Morgan fingerprint density at radius 2 is 2.33 bits per heavy atom. The lowest BCUT2D eigenvalue weighted by atomic mass is 10.1. The Kier molecular flexibility index (Phi) is 4.57. The number of terminal acetylenes is 1. The van der Waals surface area contributed by atoms with E-state index in [1.54, 1.807) is 0 Å². The third-order valence-corrected chi connectivity index (χ3v) is 1.73. The number of alkyl halides is 1. The maximum atomic E-state index is 9.04. The van der Waals surface area contributed by atoms with Crippen LogP contribution in [0.1, 0.15) is 19.8 Å². The standard InChI is InChI=1S/C7H11ClO/c1-3-5-7(9)6(8)4-2/h1,6-7,9H,4-5H2,2H3. The van der Waals surface area contributed by atoms with Crippen molar-refractivity contribution in [3.63, 3.8) is 0 Å². The van der Waals surface area contributed by atoms with Crippen molar-refractivity contribution in [1.29, 1.82) is 0 Å². The summed E-state index contributed by atoms with van der Waals surface area (Å²) < 4.78 is 0. The van der Waals surface area contributed by atoms with E-state index in [9.17, 15) is 0 Å². The predicted octanol–water partition coefficient (Wildman–Crippen LogP) is 1.39. The molecule has 0 aliphatic rings. The largest absolute Gasteiger partial charge is 0.391 e. The summed E-state index contributed by atoms with van der Waals surface area (Å²) in [5.74, 6) is 2.35. The molecule has 1 nitrogen and oxygen atoms in total. The van der Waals surface area contributed by atoms with Gasteiger partial charge in [0.25, 0.3) is 0 Å². The number of aliphatic hydroxyl groups excluding tert-OH is 1. The van der Waals surface area contributed by atoms with Gasteiger partial charge in [-0.3, -0.25) is 0 Å². The Hall–Kier alpha value is -0.190. The van der Waals surface area contributed by atoms with E-state index in [1.165, 1.54) is 0 Å². The maximum Gasteiger partial charge on any atom is 0.0812 e. The molecule has 0 saturated heterocycles. The molecule has 0 saturated carbocycles. The van der Waals surface area contributed by atoms with Crippen molar-refractivity contribution in [3.8, 4) is 12.3 Å². The SMILES string of the molecule is C#CCC(O)C(Cl)CC. The van der Waals surface area contributed by atoms with Gasteiger partial charge in [0, 0.05) is 6.42 Å². The first-order chi connectivity index (χ1) is 4.22. The molecule has 0 bridgehead atoms. The summed E-state index contributed by atoms with van der Waals surface area (Å²) in [6, 6.07) is 0. The van der Waals surface area contributed by atoms with E-state index < -0.39 is 6.10 Å². The van der Waals surface area contributed by atoms with E-state index in [1.807, 2.05) is 6.92 Å². The highest BCUT2D eigenvalue weighted by Crippen LogP contribution is 2.09. The van der Waals surface area contributed by atoms with Gasteiger partial charge in [-0.15, -0.1) is 23.9 Å². The Morgan fingerprint density at radius 1 is 1.78 bits per heavy atom. The summed E-state index contributed by atoms with van der Waals surface area (Å²) in [7, 11) is 0. The molecule has 2 heteroatoms. The fourth-order valence-electron chi connectivity index (χ4n) is 0.521. The molecule has 1 N–H and O–H groups in total. The lowest BCUT2D eigenvalue weighted by molar-refractivity contribution is 0.173. The van der Waals surface area contributed by atoms with Crippen LogP contribution in [0.3, 0.4) is 0 Å².